The van der Waals surface area contributed by atoms with Crippen molar-refractivity contribution >= 4 is 50.2 Å². The van der Waals surface area contributed by atoms with E-state index in [2.05, 4.69) is 41.3 Å². The predicted molar refractivity (Wildman–Crippen MR) is 181 cm³/mol. The van der Waals surface area contributed by atoms with Crippen molar-refractivity contribution in [1.82, 2.24) is 15.0 Å². The van der Waals surface area contributed by atoms with E-state index in [-0.39, 0.29) is 18.0 Å². The largest absolute Gasteiger partial charge is 0.416 e. The first-order valence-electron chi connectivity index (χ1n) is 14.1. The van der Waals surface area contributed by atoms with Crippen LogP contribution in [0, 0.1) is 0 Å². The number of thiazole rings is 1. The lowest BCUT2D eigenvalue weighted by atomic mass is 10.1. The Labute approximate surface area is 275 Å². The molecule has 0 saturated carbocycles. The zero-order valence-corrected chi connectivity index (χ0v) is 26.4. The lowest BCUT2D eigenvalue weighted by Gasteiger charge is -2.15. The number of nitrogens with one attached hydrogen (secondary N) is 2. The molecule has 6 rings (SSSR count). The van der Waals surface area contributed by atoms with Crippen LogP contribution >= 0.6 is 27.3 Å². The fourth-order valence-corrected chi connectivity index (χ4v) is 5.91. The molecule has 0 aliphatic heterocycles. The van der Waals surface area contributed by atoms with E-state index in [1.54, 1.807) is 11.6 Å². The maximum absolute atomic E-state index is 13.1. The van der Waals surface area contributed by atoms with Gasteiger partial charge in [0.05, 0.1) is 35.3 Å². The standard InChI is InChI=1S/C35H25BrF3N5OS/c36-27-14-16-30(17-15-27)44-31(23-8-3-1-4-9-23)18-25(33(44)24-10-5-2-6-11-24)21-40-43-32(45)20-29-22-46-34(42-29)41-28-13-7-12-26(19-28)35(37,38)39/h1-19,21-22H,20H2,(H,41,42)(H,43,45)/b40-21-. The summed E-state index contributed by atoms with van der Waals surface area (Å²) < 4.78 is 42.3. The topological polar surface area (TPSA) is 71.3 Å². The van der Waals surface area contributed by atoms with Gasteiger partial charge >= 0.3 is 6.18 Å². The van der Waals surface area contributed by atoms with Crippen molar-refractivity contribution in [2.75, 3.05) is 5.32 Å². The summed E-state index contributed by atoms with van der Waals surface area (Å²) in [5.41, 5.74) is 8.17. The summed E-state index contributed by atoms with van der Waals surface area (Å²) in [7, 11) is 0. The van der Waals surface area contributed by atoms with E-state index >= 15 is 0 Å². The Bertz CT molecular complexity index is 1990. The summed E-state index contributed by atoms with van der Waals surface area (Å²) in [5.74, 6) is -0.385. The molecule has 0 radical (unpaired) electrons. The van der Waals surface area contributed by atoms with Gasteiger partial charge < -0.3 is 9.88 Å². The first kappa shape index (κ1) is 31.0. The first-order chi connectivity index (χ1) is 22.2. The molecule has 6 nitrogen and oxygen atoms in total. The van der Waals surface area contributed by atoms with E-state index in [0.29, 0.717) is 10.8 Å². The normalized spacial score (nSPS) is 11.6. The quantitative estimate of drug-likeness (QED) is 0.117. The van der Waals surface area contributed by atoms with Crippen molar-refractivity contribution in [2.45, 2.75) is 12.6 Å². The van der Waals surface area contributed by atoms with Gasteiger partial charge in [-0.3, -0.25) is 4.79 Å². The maximum atomic E-state index is 13.1. The average Bonchev–Trinajstić information content (AvgIpc) is 3.66. The lowest BCUT2D eigenvalue weighted by molar-refractivity contribution is -0.137. The number of nitrogens with zero attached hydrogens (tertiary/aromatic N) is 3. The number of aromatic nitrogens is 2. The summed E-state index contributed by atoms with van der Waals surface area (Å²) in [6.07, 6.45) is -2.88. The fourth-order valence-electron chi connectivity index (χ4n) is 4.92. The molecule has 0 unspecified atom stereocenters. The van der Waals surface area contributed by atoms with Crippen molar-refractivity contribution in [3.05, 3.63) is 142 Å². The van der Waals surface area contributed by atoms with Gasteiger partial charge in [-0.2, -0.15) is 18.3 Å². The SMILES string of the molecule is O=C(Cc1csc(Nc2cccc(C(F)(F)F)c2)n1)N/N=C\c1cc(-c2ccccc2)n(-c2ccc(Br)cc2)c1-c1ccccc1. The number of amides is 1. The van der Waals surface area contributed by atoms with Gasteiger partial charge in [0.25, 0.3) is 0 Å². The van der Waals surface area contributed by atoms with Crippen molar-refractivity contribution in [3.8, 4) is 28.2 Å². The van der Waals surface area contributed by atoms with Crippen LogP contribution in [0.5, 0.6) is 0 Å². The van der Waals surface area contributed by atoms with Gasteiger partial charge in [0.2, 0.25) is 5.91 Å². The van der Waals surface area contributed by atoms with Gasteiger partial charge in [0.1, 0.15) is 0 Å². The number of halogens is 4. The molecule has 2 aromatic heterocycles. The second-order valence-electron chi connectivity index (χ2n) is 10.2. The molecule has 11 heteroatoms. The van der Waals surface area contributed by atoms with Crippen molar-refractivity contribution in [3.63, 3.8) is 0 Å². The van der Waals surface area contributed by atoms with Gasteiger partial charge in [0, 0.05) is 26.8 Å². The van der Waals surface area contributed by atoms with Crippen LogP contribution in [0.25, 0.3) is 28.2 Å². The van der Waals surface area contributed by atoms with Crippen molar-refractivity contribution < 1.29 is 18.0 Å². The van der Waals surface area contributed by atoms with Crippen LogP contribution < -0.4 is 10.7 Å². The van der Waals surface area contributed by atoms with Crippen LogP contribution in [-0.4, -0.2) is 21.7 Å². The summed E-state index contributed by atoms with van der Waals surface area (Å²) in [6.45, 7) is 0. The van der Waals surface area contributed by atoms with Gasteiger partial charge in [-0.25, -0.2) is 10.4 Å². The third-order valence-corrected chi connectivity index (χ3v) is 8.29. The molecule has 2 heterocycles. The average molecular weight is 701 g/mol. The highest BCUT2D eigenvalue weighted by atomic mass is 79.9. The second-order valence-corrected chi connectivity index (χ2v) is 12.0. The highest BCUT2D eigenvalue weighted by molar-refractivity contribution is 9.10. The summed E-state index contributed by atoms with van der Waals surface area (Å²) in [4.78, 5) is 17.2. The summed E-state index contributed by atoms with van der Waals surface area (Å²) in [5, 5.41) is 9.22. The third kappa shape index (κ3) is 7.27. The molecule has 46 heavy (non-hydrogen) atoms. The number of carbonyl (C=O) groups excluding carboxylic acids is 1. The summed E-state index contributed by atoms with van der Waals surface area (Å²) in [6, 6.07) is 35.0. The highest BCUT2D eigenvalue weighted by Gasteiger charge is 2.30. The molecular formula is C35H25BrF3N5OS. The lowest BCUT2D eigenvalue weighted by Crippen LogP contribution is -2.20. The Kier molecular flexibility index (Phi) is 9.13. The predicted octanol–water partition coefficient (Wildman–Crippen LogP) is 9.49. The molecule has 2 N–H and O–H groups in total. The molecule has 0 atom stereocenters. The molecule has 0 saturated heterocycles. The van der Waals surface area contributed by atoms with Crippen LogP contribution in [0.15, 0.2) is 130 Å². The number of hydrogen-bond acceptors (Lipinski definition) is 5. The molecule has 230 valence electrons. The van der Waals surface area contributed by atoms with Crippen LogP contribution in [0.1, 0.15) is 16.8 Å². The molecule has 0 spiro atoms. The van der Waals surface area contributed by atoms with Gasteiger partial charge in [0.15, 0.2) is 5.13 Å². The Balaban J connectivity index is 1.24. The molecule has 0 aliphatic carbocycles. The van der Waals surface area contributed by atoms with Crippen LogP contribution in [0.4, 0.5) is 24.0 Å². The minimum Gasteiger partial charge on any atom is -0.332 e. The third-order valence-electron chi connectivity index (χ3n) is 6.96. The Morgan fingerprint density at radius 2 is 1.59 bits per heavy atom. The van der Waals surface area contributed by atoms with Crippen LogP contribution in [-0.2, 0) is 17.4 Å². The number of hydrogen-bond donors (Lipinski definition) is 2. The molecule has 1 amide bonds. The molecule has 0 fully saturated rings. The van der Waals surface area contributed by atoms with Crippen molar-refractivity contribution in [2.24, 2.45) is 5.10 Å². The Morgan fingerprint density at radius 3 is 2.28 bits per heavy atom. The van der Waals surface area contributed by atoms with Crippen LogP contribution in [0.3, 0.4) is 0 Å². The minimum absolute atomic E-state index is 0.0567. The van der Waals surface area contributed by atoms with Crippen molar-refractivity contribution in [1.29, 1.82) is 0 Å². The van der Waals surface area contributed by atoms with E-state index < -0.39 is 11.7 Å². The van der Waals surface area contributed by atoms with Gasteiger partial charge in [-0.1, -0.05) is 82.7 Å². The highest BCUT2D eigenvalue weighted by Crippen LogP contribution is 2.36. The number of anilines is 2. The molecule has 4 aromatic carbocycles. The Morgan fingerprint density at radius 1 is 0.891 bits per heavy atom. The Hall–Kier alpha value is -5.00. The number of rotatable bonds is 9. The number of benzene rings is 4. The van der Waals surface area contributed by atoms with E-state index in [0.717, 1.165) is 50.4 Å². The zero-order valence-electron chi connectivity index (χ0n) is 24.0. The molecule has 0 bridgehead atoms. The van der Waals surface area contributed by atoms with Gasteiger partial charge in [-0.15, -0.1) is 11.3 Å². The molecule has 0 aliphatic rings. The zero-order chi connectivity index (χ0) is 32.1. The number of hydrazone groups is 1. The van der Waals surface area contributed by atoms with Gasteiger partial charge in [-0.05, 0) is 59.7 Å². The monoisotopic (exact) mass is 699 g/mol. The first-order valence-corrected chi connectivity index (χ1v) is 15.7. The van der Waals surface area contributed by atoms with Crippen LogP contribution in [0.2, 0.25) is 0 Å². The minimum atomic E-state index is -4.45. The van der Waals surface area contributed by atoms with E-state index in [1.165, 1.54) is 23.5 Å². The smallest absolute Gasteiger partial charge is 0.332 e. The van der Waals surface area contributed by atoms with E-state index in [4.69, 9.17) is 0 Å². The second kappa shape index (κ2) is 13.6. The molecular weight excluding hydrogens is 675 g/mol. The number of alkyl halides is 3. The molecule has 6 aromatic rings. The van der Waals surface area contributed by atoms with E-state index in [9.17, 15) is 18.0 Å². The fraction of sp³-hybridized carbons (Fsp3) is 0.0571. The maximum Gasteiger partial charge on any atom is 0.416 e. The number of carbonyl (C=O) groups is 1. The van der Waals surface area contributed by atoms with E-state index in [1.807, 2.05) is 91.0 Å². The summed E-state index contributed by atoms with van der Waals surface area (Å²) >= 11 is 4.72.